The van der Waals surface area contributed by atoms with Crippen molar-refractivity contribution < 1.29 is 4.79 Å². The van der Waals surface area contributed by atoms with Crippen molar-refractivity contribution in [3.05, 3.63) is 56.9 Å². The van der Waals surface area contributed by atoms with Crippen LogP contribution in [0.5, 0.6) is 0 Å². The van der Waals surface area contributed by atoms with E-state index in [2.05, 4.69) is 15.4 Å². The first-order chi connectivity index (χ1) is 11.1. The van der Waals surface area contributed by atoms with Crippen LogP contribution in [0.2, 0.25) is 0 Å². The molecule has 0 saturated carbocycles. The number of carbonyl (C=O) groups excluding carboxylic acids is 1. The minimum absolute atomic E-state index is 0.0836. The number of nitrogens with one attached hydrogen (secondary N) is 1. The van der Waals surface area contributed by atoms with Crippen molar-refractivity contribution in [2.24, 2.45) is 0 Å². The highest BCUT2D eigenvalue weighted by atomic mass is 32.1. The Labute approximate surface area is 136 Å². The lowest BCUT2D eigenvalue weighted by Crippen LogP contribution is -2.34. The maximum atomic E-state index is 12.3. The van der Waals surface area contributed by atoms with E-state index in [1.54, 1.807) is 29.7 Å². The smallest absolute Gasteiger partial charge is 0.275 e. The van der Waals surface area contributed by atoms with Crippen LogP contribution in [0.15, 0.2) is 40.6 Å². The summed E-state index contributed by atoms with van der Waals surface area (Å²) in [5.74, 6) is -0.234. The largest absolute Gasteiger partial charge is 0.354 e. The van der Waals surface area contributed by atoms with Gasteiger partial charge < -0.3 is 5.32 Å². The van der Waals surface area contributed by atoms with E-state index < -0.39 is 0 Å². The summed E-state index contributed by atoms with van der Waals surface area (Å²) >= 11 is 1.59. The molecule has 118 valence electrons. The molecular formula is C16H16N4O2S. The molecule has 7 heteroatoms. The number of aromatic nitrogens is 3. The van der Waals surface area contributed by atoms with Gasteiger partial charge in [0, 0.05) is 23.7 Å². The topological polar surface area (TPSA) is 76.9 Å². The van der Waals surface area contributed by atoms with Crippen LogP contribution in [0.3, 0.4) is 0 Å². The molecule has 0 fully saturated rings. The predicted octanol–water partition coefficient (Wildman–Crippen LogP) is 1.52. The Morgan fingerprint density at radius 3 is 2.96 bits per heavy atom. The van der Waals surface area contributed by atoms with Crippen LogP contribution in [-0.4, -0.2) is 27.2 Å². The molecule has 1 amide bonds. The van der Waals surface area contributed by atoms with E-state index in [-0.39, 0.29) is 18.0 Å². The van der Waals surface area contributed by atoms with Gasteiger partial charge in [0.25, 0.3) is 5.56 Å². The van der Waals surface area contributed by atoms with Crippen molar-refractivity contribution >= 4 is 28.0 Å². The Hall–Kier alpha value is -2.54. The molecule has 0 aliphatic heterocycles. The van der Waals surface area contributed by atoms with Gasteiger partial charge in [0.15, 0.2) is 0 Å². The van der Waals surface area contributed by atoms with Crippen LogP contribution < -0.4 is 10.9 Å². The van der Waals surface area contributed by atoms with Crippen LogP contribution in [0, 0.1) is 6.92 Å². The fourth-order valence-corrected chi connectivity index (χ4v) is 2.93. The van der Waals surface area contributed by atoms with Crippen LogP contribution in [0.25, 0.3) is 10.8 Å². The van der Waals surface area contributed by atoms with E-state index in [0.29, 0.717) is 18.4 Å². The van der Waals surface area contributed by atoms with Crippen LogP contribution in [0.1, 0.15) is 10.7 Å². The van der Waals surface area contributed by atoms with Crippen LogP contribution in [0.4, 0.5) is 0 Å². The SMILES string of the molecule is Cc1nc(CCNC(=O)Cn2ncc3ccccc3c2=O)cs1. The zero-order valence-corrected chi connectivity index (χ0v) is 13.5. The molecular weight excluding hydrogens is 312 g/mol. The molecule has 0 aliphatic rings. The molecule has 2 heterocycles. The summed E-state index contributed by atoms with van der Waals surface area (Å²) in [4.78, 5) is 28.6. The van der Waals surface area contributed by atoms with Gasteiger partial charge in [0.2, 0.25) is 5.91 Å². The molecule has 3 aromatic rings. The van der Waals surface area contributed by atoms with Crippen LogP contribution in [-0.2, 0) is 17.8 Å². The zero-order valence-electron chi connectivity index (χ0n) is 12.7. The molecule has 0 atom stereocenters. The van der Waals surface area contributed by atoms with Gasteiger partial charge in [0.1, 0.15) is 6.54 Å². The average Bonchev–Trinajstić information content (AvgIpc) is 2.96. The Bertz CT molecular complexity index is 900. The fourth-order valence-electron chi connectivity index (χ4n) is 2.29. The summed E-state index contributed by atoms with van der Waals surface area (Å²) in [6.45, 7) is 2.36. The van der Waals surface area contributed by atoms with E-state index in [0.717, 1.165) is 16.1 Å². The number of thiazole rings is 1. The second-order valence-corrected chi connectivity index (χ2v) is 6.21. The summed E-state index contributed by atoms with van der Waals surface area (Å²) in [5, 5.41) is 11.2. The number of aryl methyl sites for hydroxylation is 1. The number of benzene rings is 1. The minimum atomic E-state index is -0.256. The lowest BCUT2D eigenvalue weighted by molar-refractivity contribution is -0.121. The number of carbonyl (C=O) groups is 1. The second kappa shape index (κ2) is 6.70. The fraction of sp³-hybridized carbons (Fsp3) is 0.250. The summed E-state index contributed by atoms with van der Waals surface area (Å²) in [6.07, 6.45) is 2.28. The predicted molar refractivity (Wildman–Crippen MR) is 89.6 cm³/mol. The molecule has 3 rings (SSSR count). The van der Waals surface area contributed by atoms with E-state index in [1.165, 1.54) is 4.68 Å². The van der Waals surface area contributed by atoms with Crippen molar-refractivity contribution in [3.8, 4) is 0 Å². The Morgan fingerprint density at radius 1 is 1.35 bits per heavy atom. The molecule has 1 N–H and O–H groups in total. The van der Waals surface area contributed by atoms with Gasteiger partial charge in [-0.05, 0) is 13.0 Å². The molecule has 0 saturated heterocycles. The van der Waals surface area contributed by atoms with E-state index in [9.17, 15) is 9.59 Å². The first-order valence-electron chi connectivity index (χ1n) is 7.26. The highest BCUT2D eigenvalue weighted by molar-refractivity contribution is 7.09. The van der Waals surface area contributed by atoms with Gasteiger partial charge >= 0.3 is 0 Å². The molecule has 1 aromatic carbocycles. The maximum Gasteiger partial charge on any atom is 0.275 e. The van der Waals surface area contributed by atoms with Crippen molar-refractivity contribution in [3.63, 3.8) is 0 Å². The monoisotopic (exact) mass is 328 g/mol. The highest BCUT2D eigenvalue weighted by Crippen LogP contribution is 2.08. The summed E-state index contributed by atoms with van der Waals surface area (Å²) < 4.78 is 1.19. The maximum absolute atomic E-state index is 12.3. The molecule has 0 spiro atoms. The van der Waals surface area contributed by atoms with Gasteiger partial charge in [-0.3, -0.25) is 9.59 Å². The summed E-state index contributed by atoms with van der Waals surface area (Å²) in [5.41, 5.74) is 0.710. The average molecular weight is 328 g/mol. The van der Waals surface area contributed by atoms with E-state index in [1.807, 2.05) is 24.4 Å². The number of hydrogen-bond donors (Lipinski definition) is 1. The molecule has 0 unspecified atom stereocenters. The Balaban J connectivity index is 1.61. The van der Waals surface area contributed by atoms with Crippen molar-refractivity contribution in [1.82, 2.24) is 20.1 Å². The molecule has 0 bridgehead atoms. The normalized spacial score (nSPS) is 10.8. The molecule has 23 heavy (non-hydrogen) atoms. The molecule has 2 aromatic heterocycles. The number of amides is 1. The Morgan fingerprint density at radius 2 is 2.17 bits per heavy atom. The highest BCUT2D eigenvalue weighted by Gasteiger charge is 2.08. The number of rotatable bonds is 5. The third-order valence-corrected chi connectivity index (χ3v) is 4.25. The van der Waals surface area contributed by atoms with Crippen molar-refractivity contribution in [1.29, 1.82) is 0 Å². The molecule has 6 nitrogen and oxygen atoms in total. The van der Waals surface area contributed by atoms with Gasteiger partial charge in [-0.2, -0.15) is 5.10 Å². The third kappa shape index (κ3) is 3.62. The van der Waals surface area contributed by atoms with Crippen molar-refractivity contribution in [2.45, 2.75) is 19.9 Å². The zero-order chi connectivity index (χ0) is 16.2. The van der Waals surface area contributed by atoms with Gasteiger partial charge in [-0.1, -0.05) is 18.2 Å². The van der Waals surface area contributed by atoms with Gasteiger partial charge in [-0.15, -0.1) is 11.3 Å². The first kappa shape index (κ1) is 15.4. The lowest BCUT2D eigenvalue weighted by Gasteiger charge is -2.07. The minimum Gasteiger partial charge on any atom is -0.354 e. The lowest BCUT2D eigenvalue weighted by atomic mass is 10.2. The number of fused-ring (bicyclic) bond motifs is 1. The number of hydrogen-bond acceptors (Lipinski definition) is 5. The second-order valence-electron chi connectivity index (χ2n) is 5.15. The molecule has 0 radical (unpaired) electrons. The standard InChI is InChI=1S/C16H16N4O2S/c1-11-19-13(10-23-11)6-7-17-15(21)9-20-16(22)14-5-3-2-4-12(14)8-18-20/h2-5,8,10H,6-7,9H2,1H3,(H,17,21). The summed E-state index contributed by atoms with van der Waals surface area (Å²) in [6, 6.07) is 7.20. The Kier molecular flexibility index (Phi) is 4.47. The van der Waals surface area contributed by atoms with Gasteiger partial charge in [-0.25, -0.2) is 9.67 Å². The van der Waals surface area contributed by atoms with Crippen LogP contribution >= 0.6 is 11.3 Å². The quantitative estimate of drug-likeness (QED) is 0.770. The van der Waals surface area contributed by atoms with Gasteiger partial charge in [0.05, 0.1) is 22.3 Å². The first-order valence-corrected chi connectivity index (χ1v) is 8.14. The van der Waals surface area contributed by atoms with E-state index in [4.69, 9.17) is 0 Å². The van der Waals surface area contributed by atoms with Crippen molar-refractivity contribution in [2.75, 3.05) is 6.54 Å². The number of nitrogens with zero attached hydrogens (tertiary/aromatic N) is 3. The van der Waals surface area contributed by atoms with E-state index >= 15 is 0 Å². The summed E-state index contributed by atoms with van der Waals surface area (Å²) in [7, 11) is 0. The third-order valence-electron chi connectivity index (χ3n) is 3.43. The molecule has 0 aliphatic carbocycles.